The third kappa shape index (κ3) is 3.29. The standard InChI is InChI=1S/C22H27N5O/c1-26(2)22(11-6-7-12-22)15-23-21(28)17-14-19(20-10-13-24-27(20)3)25-18-9-5-4-8-16(17)18/h4-5,8-10,13-14H,6-7,11-12,15H2,1-3H3,(H,23,28). The number of amides is 1. The van der Waals surface area contributed by atoms with Crippen LogP contribution in [0.5, 0.6) is 0 Å². The van der Waals surface area contributed by atoms with Crippen LogP contribution >= 0.6 is 0 Å². The highest BCUT2D eigenvalue weighted by Gasteiger charge is 2.36. The van der Waals surface area contributed by atoms with Crippen molar-refractivity contribution in [2.45, 2.75) is 31.2 Å². The minimum atomic E-state index is -0.0462. The predicted molar refractivity (Wildman–Crippen MR) is 111 cm³/mol. The molecule has 0 unspecified atom stereocenters. The summed E-state index contributed by atoms with van der Waals surface area (Å²) in [6, 6.07) is 11.6. The Bertz CT molecular complexity index is 1000. The summed E-state index contributed by atoms with van der Waals surface area (Å²) in [4.78, 5) is 20.2. The van der Waals surface area contributed by atoms with Gasteiger partial charge in [0.05, 0.1) is 22.5 Å². The summed E-state index contributed by atoms with van der Waals surface area (Å²) >= 11 is 0. The number of carbonyl (C=O) groups is 1. The Labute approximate surface area is 165 Å². The third-order valence-electron chi connectivity index (χ3n) is 6.11. The molecule has 1 saturated carbocycles. The first kappa shape index (κ1) is 18.6. The zero-order chi connectivity index (χ0) is 19.7. The lowest BCUT2D eigenvalue weighted by Crippen LogP contribution is -2.50. The summed E-state index contributed by atoms with van der Waals surface area (Å²) in [6.45, 7) is 0.663. The second kappa shape index (κ2) is 7.36. The maximum absolute atomic E-state index is 13.2. The molecule has 2 heterocycles. The van der Waals surface area contributed by atoms with E-state index in [2.05, 4.69) is 29.4 Å². The zero-order valence-corrected chi connectivity index (χ0v) is 16.8. The van der Waals surface area contributed by atoms with Crippen molar-refractivity contribution in [3.63, 3.8) is 0 Å². The van der Waals surface area contributed by atoms with Crippen molar-refractivity contribution >= 4 is 16.8 Å². The van der Waals surface area contributed by atoms with Crippen molar-refractivity contribution in [3.8, 4) is 11.4 Å². The van der Waals surface area contributed by atoms with Crippen LogP contribution in [0.1, 0.15) is 36.0 Å². The van der Waals surface area contributed by atoms with E-state index in [-0.39, 0.29) is 11.4 Å². The van der Waals surface area contributed by atoms with Gasteiger partial charge in [0.15, 0.2) is 0 Å². The lowest BCUT2D eigenvalue weighted by molar-refractivity contribution is 0.0901. The number of fused-ring (bicyclic) bond motifs is 1. The van der Waals surface area contributed by atoms with Crippen LogP contribution < -0.4 is 5.32 Å². The molecule has 1 aliphatic carbocycles. The number of hydrogen-bond acceptors (Lipinski definition) is 4. The highest BCUT2D eigenvalue weighted by molar-refractivity contribution is 6.07. The third-order valence-corrected chi connectivity index (χ3v) is 6.11. The maximum atomic E-state index is 13.2. The predicted octanol–water partition coefficient (Wildman–Crippen LogP) is 3.24. The Morgan fingerprint density at radius 3 is 2.64 bits per heavy atom. The van der Waals surface area contributed by atoms with Crippen LogP contribution in [0.25, 0.3) is 22.3 Å². The van der Waals surface area contributed by atoms with Crippen molar-refractivity contribution < 1.29 is 4.79 Å². The molecule has 0 saturated heterocycles. The van der Waals surface area contributed by atoms with Gasteiger partial charge in [0.1, 0.15) is 0 Å². The molecule has 28 heavy (non-hydrogen) atoms. The van der Waals surface area contributed by atoms with Crippen LogP contribution in [-0.2, 0) is 7.05 Å². The maximum Gasteiger partial charge on any atom is 0.252 e. The molecule has 1 fully saturated rings. The van der Waals surface area contributed by atoms with Gasteiger partial charge >= 0.3 is 0 Å². The molecule has 0 radical (unpaired) electrons. The van der Waals surface area contributed by atoms with Crippen molar-refractivity contribution in [1.29, 1.82) is 0 Å². The summed E-state index contributed by atoms with van der Waals surface area (Å²) in [5.41, 5.74) is 3.18. The topological polar surface area (TPSA) is 63.1 Å². The average Bonchev–Trinajstić information content (AvgIpc) is 3.35. The smallest absolute Gasteiger partial charge is 0.252 e. The summed E-state index contributed by atoms with van der Waals surface area (Å²) < 4.78 is 1.78. The van der Waals surface area contributed by atoms with Gasteiger partial charge < -0.3 is 10.2 Å². The first-order valence-corrected chi connectivity index (χ1v) is 9.84. The average molecular weight is 377 g/mol. The number of benzene rings is 1. The largest absolute Gasteiger partial charge is 0.350 e. The van der Waals surface area contributed by atoms with Crippen LogP contribution in [0.4, 0.5) is 0 Å². The number of aryl methyl sites for hydroxylation is 1. The minimum absolute atomic E-state index is 0.0462. The molecule has 1 amide bonds. The van der Waals surface area contributed by atoms with Gasteiger partial charge in [-0.05, 0) is 45.1 Å². The fourth-order valence-corrected chi connectivity index (χ4v) is 4.27. The number of carbonyl (C=O) groups excluding carboxylic acids is 1. The second-order valence-electron chi connectivity index (χ2n) is 7.92. The number of hydrogen-bond donors (Lipinski definition) is 1. The molecule has 1 aliphatic rings. The van der Waals surface area contributed by atoms with Gasteiger partial charge in [0.2, 0.25) is 0 Å². The number of aromatic nitrogens is 3. The fourth-order valence-electron chi connectivity index (χ4n) is 4.27. The fraction of sp³-hybridized carbons (Fsp3) is 0.409. The molecule has 6 heteroatoms. The number of para-hydroxylation sites is 1. The lowest BCUT2D eigenvalue weighted by atomic mass is 9.95. The van der Waals surface area contributed by atoms with E-state index in [4.69, 9.17) is 4.98 Å². The highest BCUT2D eigenvalue weighted by Crippen LogP contribution is 2.33. The van der Waals surface area contributed by atoms with Crippen molar-refractivity contribution in [2.24, 2.45) is 7.05 Å². The SMILES string of the molecule is CN(C)C1(CNC(=O)c2cc(-c3ccnn3C)nc3ccccc23)CCCC1. The Hall–Kier alpha value is -2.73. The van der Waals surface area contributed by atoms with E-state index in [0.717, 1.165) is 35.1 Å². The highest BCUT2D eigenvalue weighted by atomic mass is 16.1. The van der Waals surface area contributed by atoms with Crippen LogP contribution in [0.3, 0.4) is 0 Å². The summed E-state index contributed by atoms with van der Waals surface area (Å²) in [5.74, 6) is -0.0462. The number of likely N-dealkylation sites (N-methyl/N-ethyl adjacent to an activating group) is 1. The van der Waals surface area contributed by atoms with E-state index in [0.29, 0.717) is 12.1 Å². The van der Waals surface area contributed by atoms with Crippen molar-refractivity contribution in [1.82, 2.24) is 25.0 Å². The molecule has 0 aliphatic heterocycles. The first-order chi connectivity index (χ1) is 13.5. The van der Waals surface area contributed by atoms with Crippen LogP contribution in [0.15, 0.2) is 42.6 Å². The Morgan fingerprint density at radius 1 is 1.21 bits per heavy atom. The molecule has 1 aromatic carbocycles. The van der Waals surface area contributed by atoms with Crippen LogP contribution in [0.2, 0.25) is 0 Å². The van der Waals surface area contributed by atoms with Gasteiger partial charge in [0.25, 0.3) is 5.91 Å². The number of pyridine rings is 1. The molecule has 0 atom stereocenters. The minimum Gasteiger partial charge on any atom is -0.350 e. The molecule has 4 rings (SSSR count). The summed E-state index contributed by atoms with van der Waals surface area (Å²) in [7, 11) is 6.10. The van der Waals surface area contributed by atoms with E-state index in [9.17, 15) is 4.79 Å². The number of rotatable bonds is 5. The van der Waals surface area contributed by atoms with Crippen molar-refractivity contribution in [2.75, 3.05) is 20.6 Å². The van der Waals surface area contributed by atoms with E-state index in [1.807, 2.05) is 43.4 Å². The quantitative estimate of drug-likeness (QED) is 0.741. The zero-order valence-electron chi connectivity index (χ0n) is 16.8. The molecule has 3 aromatic rings. The monoisotopic (exact) mass is 377 g/mol. The lowest BCUT2D eigenvalue weighted by Gasteiger charge is -2.36. The Balaban J connectivity index is 1.69. The van der Waals surface area contributed by atoms with Crippen LogP contribution in [0, 0.1) is 0 Å². The molecule has 1 N–H and O–H groups in total. The normalized spacial score (nSPS) is 16.0. The molecule has 0 bridgehead atoms. The van der Waals surface area contributed by atoms with E-state index in [1.54, 1.807) is 10.9 Å². The van der Waals surface area contributed by atoms with Gasteiger partial charge in [-0.25, -0.2) is 4.98 Å². The van der Waals surface area contributed by atoms with Crippen molar-refractivity contribution in [3.05, 3.63) is 48.2 Å². The molecule has 146 valence electrons. The van der Waals surface area contributed by atoms with E-state index >= 15 is 0 Å². The number of nitrogens with one attached hydrogen (secondary N) is 1. The van der Waals surface area contributed by atoms with Crippen LogP contribution in [-0.4, -0.2) is 51.8 Å². The summed E-state index contributed by atoms with van der Waals surface area (Å²) in [6.07, 6.45) is 6.43. The molecular weight excluding hydrogens is 350 g/mol. The van der Waals surface area contributed by atoms with Gasteiger partial charge in [-0.2, -0.15) is 5.10 Å². The molecule has 6 nitrogen and oxygen atoms in total. The Kier molecular flexibility index (Phi) is 4.89. The molecule has 2 aromatic heterocycles. The van der Waals surface area contributed by atoms with Gasteiger partial charge in [0, 0.05) is 30.7 Å². The van der Waals surface area contributed by atoms with Gasteiger partial charge in [-0.15, -0.1) is 0 Å². The van der Waals surface area contributed by atoms with E-state index < -0.39 is 0 Å². The number of nitrogens with zero attached hydrogens (tertiary/aromatic N) is 4. The van der Waals surface area contributed by atoms with E-state index in [1.165, 1.54) is 12.8 Å². The van der Waals surface area contributed by atoms with Gasteiger partial charge in [-0.3, -0.25) is 9.48 Å². The molecular formula is C22H27N5O. The van der Waals surface area contributed by atoms with Gasteiger partial charge in [-0.1, -0.05) is 31.0 Å². The second-order valence-corrected chi connectivity index (χ2v) is 7.92. The molecule has 0 spiro atoms. The first-order valence-electron chi connectivity index (χ1n) is 9.84. The summed E-state index contributed by atoms with van der Waals surface area (Å²) in [5, 5.41) is 8.32. The Morgan fingerprint density at radius 2 is 1.96 bits per heavy atom.